The Balaban J connectivity index is 1.44. The van der Waals surface area contributed by atoms with Crippen LogP contribution in [0.4, 0.5) is 0 Å². The molecule has 3 rings (SSSR count). The molecule has 0 aliphatic carbocycles. The number of hydrogen-bond donors (Lipinski definition) is 0. The monoisotopic (exact) mass is 280 g/mol. The number of rotatable bonds is 5. The summed E-state index contributed by atoms with van der Waals surface area (Å²) in [6, 6.07) is 19.6. The van der Waals surface area contributed by atoms with Crippen LogP contribution in [0.3, 0.4) is 0 Å². The van der Waals surface area contributed by atoms with Crippen LogP contribution in [0.5, 0.6) is 0 Å². The summed E-state index contributed by atoms with van der Waals surface area (Å²) in [7, 11) is 0. The van der Waals surface area contributed by atoms with Gasteiger partial charge in [0.1, 0.15) is 18.8 Å². The van der Waals surface area contributed by atoms with E-state index in [9.17, 15) is 4.79 Å². The molecule has 2 aromatic rings. The number of ether oxygens (including phenoxy) is 2. The van der Waals surface area contributed by atoms with Crippen LogP contribution >= 0.6 is 0 Å². The third-order valence-electron chi connectivity index (χ3n) is 3.31. The van der Waals surface area contributed by atoms with Crippen LogP contribution in [-0.4, -0.2) is 18.7 Å². The molecule has 0 amide bonds. The van der Waals surface area contributed by atoms with Crippen molar-refractivity contribution in [2.75, 3.05) is 6.61 Å². The zero-order valence-corrected chi connectivity index (χ0v) is 11.5. The van der Waals surface area contributed by atoms with Gasteiger partial charge < -0.3 is 9.47 Å². The number of hydrogen-bond acceptors (Lipinski definition) is 3. The fourth-order valence-electron chi connectivity index (χ4n) is 2.15. The number of carbonyl (C=O) groups excluding carboxylic acids is 1. The highest BCUT2D eigenvalue weighted by atomic mass is 16.6. The maximum atomic E-state index is 11.6. The smallest absolute Gasteiger partial charge is 0.330 e. The lowest BCUT2D eigenvalue weighted by Crippen LogP contribution is -2.07. The van der Waals surface area contributed by atoms with Gasteiger partial charge in [0.2, 0.25) is 0 Å². The second kappa shape index (κ2) is 6.37. The lowest BCUT2D eigenvalue weighted by molar-refractivity contribution is -0.138. The summed E-state index contributed by atoms with van der Waals surface area (Å²) in [4.78, 5) is 11.6. The molecule has 1 saturated heterocycles. The van der Waals surface area contributed by atoms with Crippen LogP contribution in [0.25, 0.3) is 6.08 Å². The summed E-state index contributed by atoms with van der Waals surface area (Å²) < 4.78 is 10.7. The van der Waals surface area contributed by atoms with E-state index in [-0.39, 0.29) is 24.8 Å². The standard InChI is InChI=1S/C18H16O3/c19-17(12-11-14-7-3-1-4-8-14)20-13-16-18(21-16)15-9-5-2-6-10-15/h1-12,16,18H,13H2/b12-11+. The van der Waals surface area contributed by atoms with E-state index in [4.69, 9.17) is 9.47 Å². The zero-order chi connectivity index (χ0) is 14.5. The average Bonchev–Trinajstić information content (AvgIpc) is 3.32. The molecule has 0 aromatic heterocycles. The van der Waals surface area contributed by atoms with Crippen molar-refractivity contribution in [3.05, 3.63) is 77.9 Å². The number of epoxide rings is 1. The van der Waals surface area contributed by atoms with E-state index in [0.29, 0.717) is 0 Å². The average molecular weight is 280 g/mol. The van der Waals surface area contributed by atoms with E-state index >= 15 is 0 Å². The second-order valence-electron chi connectivity index (χ2n) is 4.88. The Kier molecular flexibility index (Phi) is 4.12. The Morgan fingerprint density at radius 3 is 2.43 bits per heavy atom. The molecule has 2 unspecified atom stereocenters. The van der Waals surface area contributed by atoms with Gasteiger partial charge in [-0.2, -0.15) is 0 Å². The van der Waals surface area contributed by atoms with E-state index in [1.165, 1.54) is 6.08 Å². The molecular weight excluding hydrogens is 264 g/mol. The van der Waals surface area contributed by atoms with Crippen LogP contribution < -0.4 is 0 Å². The Morgan fingerprint density at radius 2 is 1.71 bits per heavy atom. The maximum absolute atomic E-state index is 11.6. The first-order chi connectivity index (χ1) is 10.3. The first-order valence-corrected chi connectivity index (χ1v) is 6.93. The van der Waals surface area contributed by atoms with Crippen LogP contribution in [0.1, 0.15) is 17.2 Å². The number of esters is 1. The topological polar surface area (TPSA) is 38.8 Å². The van der Waals surface area contributed by atoms with Gasteiger partial charge in [-0.05, 0) is 17.2 Å². The molecule has 3 heteroatoms. The van der Waals surface area contributed by atoms with Crippen LogP contribution in [0.2, 0.25) is 0 Å². The molecule has 0 N–H and O–H groups in total. The highest BCUT2D eigenvalue weighted by Crippen LogP contribution is 2.38. The van der Waals surface area contributed by atoms with Crippen molar-refractivity contribution in [3.63, 3.8) is 0 Å². The molecule has 3 nitrogen and oxygen atoms in total. The van der Waals surface area contributed by atoms with Crippen molar-refractivity contribution in [1.29, 1.82) is 0 Å². The van der Waals surface area contributed by atoms with E-state index in [1.54, 1.807) is 6.08 Å². The third-order valence-corrected chi connectivity index (χ3v) is 3.31. The molecule has 0 bridgehead atoms. The van der Waals surface area contributed by atoms with Gasteiger partial charge in [-0.15, -0.1) is 0 Å². The van der Waals surface area contributed by atoms with Gasteiger partial charge >= 0.3 is 5.97 Å². The lowest BCUT2D eigenvalue weighted by atomic mass is 10.1. The van der Waals surface area contributed by atoms with Crippen molar-refractivity contribution >= 4 is 12.0 Å². The van der Waals surface area contributed by atoms with E-state index < -0.39 is 0 Å². The molecule has 0 saturated carbocycles. The summed E-state index contributed by atoms with van der Waals surface area (Å²) in [5.41, 5.74) is 2.10. The van der Waals surface area contributed by atoms with Crippen molar-refractivity contribution in [3.8, 4) is 0 Å². The van der Waals surface area contributed by atoms with Crippen molar-refractivity contribution in [2.45, 2.75) is 12.2 Å². The van der Waals surface area contributed by atoms with Crippen molar-refractivity contribution < 1.29 is 14.3 Å². The van der Waals surface area contributed by atoms with Gasteiger partial charge in [-0.1, -0.05) is 60.7 Å². The maximum Gasteiger partial charge on any atom is 0.330 e. The Bertz CT molecular complexity index is 619. The molecule has 0 spiro atoms. The largest absolute Gasteiger partial charge is 0.460 e. The second-order valence-corrected chi connectivity index (χ2v) is 4.88. The molecule has 21 heavy (non-hydrogen) atoms. The van der Waals surface area contributed by atoms with E-state index in [2.05, 4.69) is 0 Å². The molecule has 1 aliphatic rings. The van der Waals surface area contributed by atoms with Gasteiger partial charge in [-0.3, -0.25) is 0 Å². The quantitative estimate of drug-likeness (QED) is 0.479. The van der Waals surface area contributed by atoms with Gasteiger partial charge in [0, 0.05) is 6.08 Å². The summed E-state index contributed by atoms with van der Waals surface area (Å²) >= 11 is 0. The van der Waals surface area contributed by atoms with Crippen LogP contribution in [0, 0.1) is 0 Å². The minimum Gasteiger partial charge on any atom is -0.460 e. The summed E-state index contributed by atoms with van der Waals surface area (Å²) in [5.74, 6) is -0.346. The van der Waals surface area contributed by atoms with Crippen LogP contribution in [-0.2, 0) is 14.3 Å². The minimum absolute atomic E-state index is 0.0264. The van der Waals surface area contributed by atoms with Crippen molar-refractivity contribution in [1.82, 2.24) is 0 Å². The minimum atomic E-state index is -0.346. The lowest BCUT2D eigenvalue weighted by Gasteiger charge is -1.99. The van der Waals surface area contributed by atoms with E-state index in [1.807, 2.05) is 60.7 Å². The predicted molar refractivity (Wildman–Crippen MR) is 80.5 cm³/mol. The van der Waals surface area contributed by atoms with Crippen LogP contribution in [0.15, 0.2) is 66.7 Å². The molecule has 1 aliphatic heterocycles. The van der Waals surface area contributed by atoms with E-state index in [0.717, 1.165) is 11.1 Å². The van der Waals surface area contributed by atoms with Gasteiger partial charge in [0.15, 0.2) is 0 Å². The highest BCUT2D eigenvalue weighted by molar-refractivity contribution is 5.87. The first-order valence-electron chi connectivity index (χ1n) is 6.93. The van der Waals surface area contributed by atoms with Gasteiger partial charge in [0.25, 0.3) is 0 Å². The third kappa shape index (κ3) is 3.80. The molecule has 106 valence electrons. The molecule has 0 radical (unpaired) electrons. The molecule has 2 atom stereocenters. The summed E-state index contributed by atoms with van der Waals surface area (Å²) in [5, 5.41) is 0. The predicted octanol–water partition coefficient (Wildman–Crippen LogP) is 3.38. The Hall–Kier alpha value is -2.39. The highest BCUT2D eigenvalue weighted by Gasteiger charge is 2.40. The fraction of sp³-hybridized carbons (Fsp3) is 0.167. The number of benzene rings is 2. The molecule has 2 aromatic carbocycles. The van der Waals surface area contributed by atoms with Crippen molar-refractivity contribution in [2.24, 2.45) is 0 Å². The number of carbonyl (C=O) groups is 1. The molecular formula is C18H16O3. The molecule has 1 heterocycles. The summed E-state index contributed by atoms with van der Waals surface area (Å²) in [6.45, 7) is 0.289. The van der Waals surface area contributed by atoms with Gasteiger partial charge in [0.05, 0.1) is 0 Å². The summed E-state index contributed by atoms with van der Waals surface area (Å²) in [6.07, 6.45) is 3.21. The fourth-order valence-corrected chi connectivity index (χ4v) is 2.15. The van der Waals surface area contributed by atoms with Gasteiger partial charge in [-0.25, -0.2) is 4.79 Å². The molecule has 1 fully saturated rings. The SMILES string of the molecule is O=C(/C=C/c1ccccc1)OCC1OC1c1ccccc1. The Labute approximate surface area is 123 Å². The normalized spacial score (nSPS) is 20.4. The first kappa shape index (κ1) is 13.6. The zero-order valence-electron chi connectivity index (χ0n) is 11.5. The Morgan fingerprint density at radius 1 is 1.05 bits per heavy atom.